The lowest BCUT2D eigenvalue weighted by Crippen LogP contribution is -2.53. The van der Waals surface area contributed by atoms with E-state index in [0.717, 1.165) is 26.2 Å². The Bertz CT molecular complexity index is 206. The Kier molecular flexibility index (Phi) is 7.20. The normalized spacial score (nSPS) is 20.3. The van der Waals surface area contributed by atoms with E-state index in [1.807, 2.05) is 0 Å². The molecule has 0 heterocycles. The molecule has 0 unspecified atom stereocenters. The van der Waals surface area contributed by atoms with Crippen molar-refractivity contribution in [2.45, 2.75) is 57.9 Å². The molecule has 0 atom stereocenters. The molecule has 0 spiro atoms. The summed E-state index contributed by atoms with van der Waals surface area (Å²) in [7, 11) is 2.28. The summed E-state index contributed by atoms with van der Waals surface area (Å²) >= 11 is 0. The van der Waals surface area contributed by atoms with Crippen LogP contribution in [0, 0.1) is 0 Å². The molecule has 1 aliphatic carbocycles. The minimum absolute atomic E-state index is 0.281. The van der Waals surface area contributed by atoms with Crippen LogP contribution in [-0.4, -0.2) is 55.1 Å². The number of hydrogen-bond donors (Lipinski definition) is 1. The number of nitrogens with zero attached hydrogens (tertiary/aromatic N) is 2. The molecule has 0 bridgehead atoms. The molecule has 0 radical (unpaired) electrons. The van der Waals surface area contributed by atoms with Crippen molar-refractivity contribution in [3.63, 3.8) is 0 Å². The number of hydrogen-bond acceptors (Lipinski definition) is 3. The lowest BCUT2D eigenvalue weighted by Gasteiger charge is -2.41. The molecular formula is C15H33N3. The van der Waals surface area contributed by atoms with Crippen molar-refractivity contribution in [2.24, 2.45) is 5.73 Å². The second-order valence-electron chi connectivity index (χ2n) is 5.79. The lowest BCUT2D eigenvalue weighted by atomic mass is 9.88. The summed E-state index contributed by atoms with van der Waals surface area (Å²) < 4.78 is 0. The Balaban J connectivity index is 2.51. The van der Waals surface area contributed by atoms with Crippen LogP contribution in [0.15, 0.2) is 0 Å². The van der Waals surface area contributed by atoms with Gasteiger partial charge in [0.2, 0.25) is 0 Å². The maximum absolute atomic E-state index is 6.12. The van der Waals surface area contributed by atoms with Gasteiger partial charge >= 0.3 is 0 Å². The van der Waals surface area contributed by atoms with Crippen molar-refractivity contribution in [1.29, 1.82) is 0 Å². The van der Waals surface area contributed by atoms with Gasteiger partial charge in [0, 0.05) is 25.2 Å². The first kappa shape index (κ1) is 15.9. The molecule has 0 aliphatic heterocycles. The van der Waals surface area contributed by atoms with E-state index in [2.05, 4.69) is 30.7 Å². The van der Waals surface area contributed by atoms with E-state index < -0.39 is 0 Å². The lowest BCUT2D eigenvalue weighted by molar-refractivity contribution is 0.0938. The van der Waals surface area contributed by atoms with Crippen molar-refractivity contribution in [3.05, 3.63) is 0 Å². The Morgan fingerprint density at radius 1 is 0.944 bits per heavy atom. The summed E-state index contributed by atoms with van der Waals surface area (Å²) in [5, 5.41) is 0. The molecule has 1 saturated carbocycles. The molecule has 1 rings (SSSR count). The predicted octanol–water partition coefficient (Wildman–Crippen LogP) is 2.31. The fraction of sp³-hybridized carbons (Fsp3) is 1.00. The third-order valence-corrected chi connectivity index (χ3v) is 4.87. The Morgan fingerprint density at radius 3 is 1.94 bits per heavy atom. The van der Waals surface area contributed by atoms with E-state index in [4.69, 9.17) is 5.73 Å². The minimum Gasteiger partial charge on any atom is -0.329 e. The van der Waals surface area contributed by atoms with E-state index in [1.165, 1.54) is 45.1 Å². The molecule has 3 nitrogen and oxygen atoms in total. The first-order valence-electron chi connectivity index (χ1n) is 7.82. The van der Waals surface area contributed by atoms with Crippen molar-refractivity contribution in [2.75, 3.05) is 39.8 Å². The summed E-state index contributed by atoms with van der Waals surface area (Å²) in [6.07, 6.45) is 8.08. The predicted molar refractivity (Wildman–Crippen MR) is 79.9 cm³/mol. The van der Waals surface area contributed by atoms with Crippen LogP contribution in [-0.2, 0) is 0 Å². The molecule has 0 amide bonds. The summed E-state index contributed by atoms with van der Waals surface area (Å²) in [4.78, 5) is 5.05. The first-order chi connectivity index (χ1) is 8.68. The van der Waals surface area contributed by atoms with Crippen LogP contribution < -0.4 is 5.73 Å². The van der Waals surface area contributed by atoms with Crippen molar-refractivity contribution < 1.29 is 0 Å². The second kappa shape index (κ2) is 8.13. The first-order valence-corrected chi connectivity index (χ1v) is 7.82. The highest BCUT2D eigenvalue weighted by Crippen LogP contribution is 2.30. The monoisotopic (exact) mass is 255 g/mol. The van der Waals surface area contributed by atoms with Gasteiger partial charge in [-0.25, -0.2) is 0 Å². The third kappa shape index (κ3) is 4.22. The van der Waals surface area contributed by atoms with E-state index in [-0.39, 0.29) is 5.54 Å². The molecule has 108 valence electrons. The number of nitrogens with two attached hydrogens (primary N) is 1. The quantitative estimate of drug-likeness (QED) is 0.709. The highest BCUT2D eigenvalue weighted by molar-refractivity contribution is 4.92. The van der Waals surface area contributed by atoms with Crippen LogP contribution in [0.5, 0.6) is 0 Å². The van der Waals surface area contributed by atoms with Gasteiger partial charge in [-0.05, 0) is 33.0 Å². The SMILES string of the molecule is CCN(CC)CCN(C)C1(CN)CCCCCC1. The van der Waals surface area contributed by atoms with E-state index in [1.54, 1.807) is 0 Å². The van der Waals surface area contributed by atoms with Crippen molar-refractivity contribution >= 4 is 0 Å². The van der Waals surface area contributed by atoms with Crippen molar-refractivity contribution in [1.82, 2.24) is 9.80 Å². The average molecular weight is 255 g/mol. The number of rotatable bonds is 7. The van der Waals surface area contributed by atoms with Crippen LogP contribution in [0.3, 0.4) is 0 Å². The smallest absolute Gasteiger partial charge is 0.0329 e. The van der Waals surface area contributed by atoms with E-state index >= 15 is 0 Å². The topological polar surface area (TPSA) is 32.5 Å². The molecular weight excluding hydrogens is 222 g/mol. The van der Waals surface area contributed by atoms with Crippen LogP contribution in [0.4, 0.5) is 0 Å². The molecule has 1 fully saturated rings. The zero-order chi connectivity index (χ0) is 13.4. The average Bonchev–Trinajstić information content (AvgIpc) is 2.66. The van der Waals surface area contributed by atoms with E-state index in [9.17, 15) is 0 Å². The Hall–Kier alpha value is -0.120. The standard InChI is InChI=1S/C15H33N3/c1-4-18(5-2)13-12-17(3)15(14-16)10-8-6-7-9-11-15/h4-14,16H2,1-3H3. The molecule has 0 saturated heterocycles. The summed E-state index contributed by atoms with van der Waals surface area (Å²) in [6, 6.07) is 0. The zero-order valence-electron chi connectivity index (χ0n) is 12.7. The van der Waals surface area contributed by atoms with E-state index in [0.29, 0.717) is 0 Å². The molecule has 0 aromatic heterocycles. The maximum atomic E-state index is 6.12. The molecule has 3 heteroatoms. The summed E-state index contributed by atoms with van der Waals surface area (Å²) in [6.45, 7) is 9.94. The van der Waals surface area contributed by atoms with Gasteiger partial charge in [-0.1, -0.05) is 39.5 Å². The Morgan fingerprint density at radius 2 is 1.50 bits per heavy atom. The van der Waals surface area contributed by atoms with Crippen LogP contribution in [0.2, 0.25) is 0 Å². The van der Waals surface area contributed by atoms with Gasteiger partial charge in [-0.3, -0.25) is 4.90 Å². The largest absolute Gasteiger partial charge is 0.329 e. The summed E-state index contributed by atoms with van der Waals surface area (Å²) in [5.74, 6) is 0. The van der Waals surface area contributed by atoms with Gasteiger partial charge < -0.3 is 10.6 Å². The highest BCUT2D eigenvalue weighted by Gasteiger charge is 2.33. The van der Waals surface area contributed by atoms with Gasteiger partial charge in [0.15, 0.2) is 0 Å². The van der Waals surface area contributed by atoms with Gasteiger partial charge in [0.05, 0.1) is 0 Å². The summed E-state index contributed by atoms with van der Waals surface area (Å²) in [5.41, 5.74) is 6.41. The number of likely N-dealkylation sites (N-methyl/N-ethyl adjacent to an activating group) is 2. The van der Waals surface area contributed by atoms with Gasteiger partial charge in [-0.2, -0.15) is 0 Å². The van der Waals surface area contributed by atoms with Crippen LogP contribution >= 0.6 is 0 Å². The third-order valence-electron chi connectivity index (χ3n) is 4.87. The zero-order valence-corrected chi connectivity index (χ0v) is 12.7. The molecule has 18 heavy (non-hydrogen) atoms. The molecule has 2 N–H and O–H groups in total. The molecule has 0 aromatic carbocycles. The minimum atomic E-state index is 0.281. The Labute approximate surface area is 114 Å². The molecule has 1 aliphatic rings. The second-order valence-corrected chi connectivity index (χ2v) is 5.79. The van der Waals surface area contributed by atoms with Crippen LogP contribution in [0.25, 0.3) is 0 Å². The van der Waals surface area contributed by atoms with Crippen molar-refractivity contribution in [3.8, 4) is 0 Å². The maximum Gasteiger partial charge on any atom is 0.0329 e. The van der Waals surface area contributed by atoms with Gasteiger partial charge in [0.25, 0.3) is 0 Å². The fourth-order valence-electron chi connectivity index (χ4n) is 3.20. The highest BCUT2D eigenvalue weighted by atomic mass is 15.2. The fourth-order valence-corrected chi connectivity index (χ4v) is 3.20. The van der Waals surface area contributed by atoms with Gasteiger partial charge in [-0.15, -0.1) is 0 Å². The van der Waals surface area contributed by atoms with Gasteiger partial charge in [0.1, 0.15) is 0 Å². The van der Waals surface area contributed by atoms with Crippen LogP contribution in [0.1, 0.15) is 52.4 Å². The molecule has 0 aromatic rings.